The van der Waals surface area contributed by atoms with E-state index in [2.05, 4.69) is 40.5 Å². The molecule has 0 amide bonds. The van der Waals surface area contributed by atoms with Crippen LogP contribution in [0.2, 0.25) is 0 Å². The maximum absolute atomic E-state index is 5.32. The molecular formula is C22H26N4O. The van der Waals surface area contributed by atoms with Gasteiger partial charge in [-0.25, -0.2) is 9.97 Å². The van der Waals surface area contributed by atoms with Crippen molar-refractivity contribution in [3.8, 4) is 5.75 Å². The standard InChI is InChI=1S/C22H26N4O/c1-16-20-14-19(27-2)8-9-21(20)25-22(24-16)26-12-10-18(11-13-26)23-15-17-6-4-3-5-7-17/h3-9,14,18,23H,10-13,15H2,1-2H3. The fourth-order valence-corrected chi connectivity index (χ4v) is 3.66. The SMILES string of the molecule is COc1ccc2nc(N3CCC(NCc4ccccc4)CC3)nc(C)c2c1. The summed E-state index contributed by atoms with van der Waals surface area (Å²) in [5.74, 6) is 1.68. The van der Waals surface area contributed by atoms with Crippen molar-refractivity contribution < 1.29 is 4.74 Å². The van der Waals surface area contributed by atoms with Crippen molar-refractivity contribution >= 4 is 16.9 Å². The Kier molecular flexibility index (Phi) is 5.21. The molecule has 0 unspecified atom stereocenters. The summed E-state index contributed by atoms with van der Waals surface area (Å²) in [4.78, 5) is 11.9. The number of piperidine rings is 1. The van der Waals surface area contributed by atoms with Crippen LogP contribution in [0.25, 0.3) is 10.9 Å². The second kappa shape index (κ2) is 7.92. The minimum absolute atomic E-state index is 0.548. The molecule has 0 atom stereocenters. The number of nitrogens with zero attached hydrogens (tertiary/aromatic N) is 3. The Hall–Kier alpha value is -2.66. The highest BCUT2D eigenvalue weighted by Gasteiger charge is 2.21. The summed E-state index contributed by atoms with van der Waals surface area (Å²) in [6.07, 6.45) is 2.21. The van der Waals surface area contributed by atoms with Crippen LogP contribution in [-0.4, -0.2) is 36.2 Å². The van der Waals surface area contributed by atoms with Gasteiger partial charge in [0.25, 0.3) is 0 Å². The van der Waals surface area contributed by atoms with Crippen LogP contribution in [-0.2, 0) is 6.54 Å². The van der Waals surface area contributed by atoms with E-state index in [0.29, 0.717) is 6.04 Å². The summed E-state index contributed by atoms with van der Waals surface area (Å²) >= 11 is 0. The minimum Gasteiger partial charge on any atom is -0.497 e. The molecule has 0 spiro atoms. The number of methoxy groups -OCH3 is 1. The number of nitrogens with one attached hydrogen (secondary N) is 1. The average Bonchev–Trinajstić information content (AvgIpc) is 2.73. The Balaban J connectivity index is 1.40. The topological polar surface area (TPSA) is 50.3 Å². The summed E-state index contributed by atoms with van der Waals surface area (Å²) in [5, 5.41) is 4.74. The number of hydrogen-bond acceptors (Lipinski definition) is 5. The first kappa shape index (κ1) is 17.7. The number of anilines is 1. The fourth-order valence-electron chi connectivity index (χ4n) is 3.66. The third-order valence-electron chi connectivity index (χ3n) is 5.30. The molecule has 4 rings (SSSR count). The summed E-state index contributed by atoms with van der Waals surface area (Å²) < 4.78 is 5.32. The van der Waals surface area contributed by atoms with Gasteiger partial charge < -0.3 is 15.0 Å². The van der Waals surface area contributed by atoms with Gasteiger partial charge in [0.1, 0.15) is 5.75 Å². The van der Waals surface area contributed by atoms with Crippen molar-refractivity contribution in [1.29, 1.82) is 0 Å². The third-order valence-corrected chi connectivity index (χ3v) is 5.30. The van der Waals surface area contributed by atoms with Crippen molar-refractivity contribution in [2.75, 3.05) is 25.1 Å². The van der Waals surface area contributed by atoms with E-state index >= 15 is 0 Å². The van der Waals surface area contributed by atoms with Crippen LogP contribution >= 0.6 is 0 Å². The van der Waals surface area contributed by atoms with Gasteiger partial charge in [-0.3, -0.25) is 0 Å². The van der Waals surface area contributed by atoms with Gasteiger partial charge in [-0.2, -0.15) is 0 Å². The quantitative estimate of drug-likeness (QED) is 0.750. The lowest BCUT2D eigenvalue weighted by atomic mass is 10.0. The molecule has 2 heterocycles. The highest BCUT2D eigenvalue weighted by atomic mass is 16.5. The zero-order valence-corrected chi connectivity index (χ0v) is 16.0. The molecule has 2 aromatic carbocycles. The van der Waals surface area contributed by atoms with E-state index in [0.717, 1.165) is 60.8 Å². The van der Waals surface area contributed by atoms with E-state index < -0.39 is 0 Å². The van der Waals surface area contributed by atoms with E-state index in [-0.39, 0.29) is 0 Å². The van der Waals surface area contributed by atoms with Gasteiger partial charge in [-0.15, -0.1) is 0 Å². The normalized spacial score (nSPS) is 15.3. The summed E-state index contributed by atoms with van der Waals surface area (Å²) in [6, 6.07) is 17.1. The molecule has 3 aromatic rings. The van der Waals surface area contributed by atoms with Crippen LogP contribution in [0.15, 0.2) is 48.5 Å². The lowest BCUT2D eigenvalue weighted by Gasteiger charge is -2.32. The van der Waals surface area contributed by atoms with Crippen molar-refractivity contribution in [3.63, 3.8) is 0 Å². The van der Waals surface area contributed by atoms with E-state index in [1.54, 1.807) is 7.11 Å². The zero-order chi connectivity index (χ0) is 18.6. The highest BCUT2D eigenvalue weighted by molar-refractivity contribution is 5.83. The highest BCUT2D eigenvalue weighted by Crippen LogP contribution is 2.25. The van der Waals surface area contributed by atoms with Crippen molar-refractivity contribution in [1.82, 2.24) is 15.3 Å². The van der Waals surface area contributed by atoms with Gasteiger partial charge in [0.2, 0.25) is 5.95 Å². The predicted molar refractivity (Wildman–Crippen MR) is 109 cm³/mol. The van der Waals surface area contributed by atoms with E-state index in [9.17, 15) is 0 Å². The maximum atomic E-state index is 5.32. The van der Waals surface area contributed by atoms with Crippen LogP contribution in [0, 0.1) is 6.92 Å². The Morgan fingerprint density at radius 2 is 1.85 bits per heavy atom. The first-order valence-electron chi connectivity index (χ1n) is 9.57. The maximum Gasteiger partial charge on any atom is 0.226 e. The van der Waals surface area contributed by atoms with E-state index in [1.807, 2.05) is 25.1 Å². The monoisotopic (exact) mass is 362 g/mol. The van der Waals surface area contributed by atoms with Gasteiger partial charge in [-0.05, 0) is 43.5 Å². The lowest BCUT2D eigenvalue weighted by Crippen LogP contribution is -2.43. The molecule has 140 valence electrons. The van der Waals surface area contributed by atoms with Gasteiger partial charge in [-0.1, -0.05) is 30.3 Å². The Bertz CT molecular complexity index is 905. The first-order chi connectivity index (χ1) is 13.2. The van der Waals surface area contributed by atoms with Gasteiger partial charge in [0.05, 0.1) is 18.3 Å². The third kappa shape index (κ3) is 4.03. The van der Waals surface area contributed by atoms with E-state index in [1.165, 1.54) is 5.56 Å². The lowest BCUT2D eigenvalue weighted by molar-refractivity contribution is 0.411. The fraction of sp³-hybridized carbons (Fsp3) is 0.364. The minimum atomic E-state index is 0.548. The number of benzene rings is 2. The van der Waals surface area contributed by atoms with Crippen LogP contribution in [0.1, 0.15) is 24.1 Å². The van der Waals surface area contributed by atoms with Crippen molar-refractivity contribution in [2.24, 2.45) is 0 Å². The predicted octanol–water partition coefficient (Wildman–Crippen LogP) is 3.71. The molecule has 1 aliphatic rings. The number of aryl methyl sites for hydroxylation is 1. The molecule has 0 radical (unpaired) electrons. The van der Waals surface area contributed by atoms with Gasteiger partial charge in [0.15, 0.2) is 0 Å². The summed E-state index contributed by atoms with van der Waals surface area (Å²) in [5.41, 5.74) is 3.31. The summed E-state index contributed by atoms with van der Waals surface area (Å²) in [7, 11) is 1.68. The van der Waals surface area contributed by atoms with Gasteiger partial charge in [0, 0.05) is 31.1 Å². The Labute approximate surface area is 160 Å². The second-order valence-corrected chi connectivity index (χ2v) is 7.12. The van der Waals surface area contributed by atoms with Crippen molar-refractivity contribution in [3.05, 3.63) is 59.8 Å². The molecule has 27 heavy (non-hydrogen) atoms. The van der Waals surface area contributed by atoms with E-state index in [4.69, 9.17) is 14.7 Å². The Morgan fingerprint density at radius 3 is 2.59 bits per heavy atom. The molecule has 0 bridgehead atoms. The first-order valence-corrected chi connectivity index (χ1v) is 9.57. The molecular weight excluding hydrogens is 336 g/mol. The molecule has 5 nitrogen and oxygen atoms in total. The van der Waals surface area contributed by atoms with Gasteiger partial charge >= 0.3 is 0 Å². The molecule has 1 aromatic heterocycles. The molecule has 5 heteroatoms. The average molecular weight is 362 g/mol. The number of ether oxygens (including phenoxy) is 1. The van der Waals surface area contributed by atoms with Crippen LogP contribution < -0.4 is 15.0 Å². The zero-order valence-electron chi connectivity index (χ0n) is 16.0. The van der Waals surface area contributed by atoms with Crippen LogP contribution in [0.3, 0.4) is 0 Å². The number of rotatable bonds is 5. The molecule has 0 aliphatic carbocycles. The molecule has 1 saturated heterocycles. The Morgan fingerprint density at radius 1 is 1.07 bits per heavy atom. The van der Waals surface area contributed by atoms with Crippen LogP contribution in [0.5, 0.6) is 5.75 Å². The largest absolute Gasteiger partial charge is 0.497 e. The second-order valence-electron chi connectivity index (χ2n) is 7.12. The molecule has 1 aliphatic heterocycles. The molecule has 1 N–H and O–H groups in total. The summed E-state index contributed by atoms with van der Waals surface area (Å²) in [6.45, 7) is 4.93. The van der Waals surface area contributed by atoms with Crippen LogP contribution in [0.4, 0.5) is 5.95 Å². The number of aromatic nitrogens is 2. The van der Waals surface area contributed by atoms with Crippen molar-refractivity contribution in [2.45, 2.75) is 32.4 Å². The molecule has 0 saturated carbocycles. The molecule has 1 fully saturated rings. The number of fused-ring (bicyclic) bond motifs is 1. The number of hydrogen-bond donors (Lipinski definition) is 1. The smallest absolute Gasteiger partial charge is 0.226 e.